The van der Waals surface area contributed by atoms with Crippen LogP contribution in [0, 0.1) is 0 Å². The predicted octanol–water partition coefficient (Wildman–Crippen LogP) is 1.43. The summed E-state index contributed by atoms with van der Waals surface area (Å²) in [6.07, 6.45) is -3.71. The number of carbonyl (C=O) groups is 1. The summed E-state index contributed by atoms with van der Waals surface area (Å²) in [6.45, 7) is -0.00697. The molecule has 0 saturated heterocycles. The highest BCUT2D eigenvalue weighted by Gasteiger charge is 2.29. The third-order valence-corrected chi connectivity index (χ3v) is 2.38. The maximum atomic E-state index is 11.7. The normalized spacial score (nSPS) is 15.3. The number of amides is 1. The standard InChI is InChI=1S/C8H14F3NO3S/c1-6(3-4-16(2)14)12-7(13)15-5-8(9,10)11/h6H,3-5H2,1-2H3,(H,12,13). The van der Waals surface area contributed by atoms with E-state index in [-0.39, 0.29) is 6.04 Å². The van der Waals surface area contributed by atoms with Gasteiger partial charge in [-0.1, -0.05) is 0 Å². The van der Waals surface area contributed by atoms with Crippen molar-refractivity contribution in [2.24, 2.45) is 0 Å². The molecule has 0 heterocycles. The van der Waals surface area contributed by atoms with Gasteiger partial charge in [0.25, 0.3) is 0 Å². The second kappa shape index (κ2) is 6.72. The van der Waals surface area contributed by atoms with E-state index < -0.39 is 29.7 Å². The Labute approximate surface area is 94.0 Å². The molecule has 1 amide bonds. The number of rotatable bonds is 5. The van der Waals surface area contributed by atoms with Crippen molar-refractivity contribution in [2.45, 2.75) is 25.6 Å². The molecule has 0 saturated carbocycles. The lowest BCUT2D eigenvalue weighted by Gasteiger charge is -2.14. The van der Waals surface area contributed by atoms with Crippen molar-refractivity contribution >= 4 is 16.9 Å². The van der Waals surface area contributed by atoms with Crippen molar-refractivity contribution in [3.8, 4) is 0 Å². The molecule has 0 aliphatic rings. The molecule has 16 heavy (non-hydrogen) atoms. The summed E-state index contributed by atoms with van der Waals surface area (Å²) in [6, 6.07) is -0.371. The molecule has 96 valence electrons. The minimum atomic E-state index is -4.52. The van der Waals surface area contributed by atoms with E-state index >= 15 is 0 Å². The van der Waals surface area contributed by atoms with Crippen LogP contribution < -0.4 is 5.32 Å². The van der Waals surface area contributed by atoms with Gasteiger partial charge >= 0.3 is 12.3 Å². The summed E-state index contributed by atoms with van der Waals surface area (Å²) < 4.78 is 49.6. The van der Waals surface area contributed by atoms with Crippen LogP contribution in [0.15, 0.2) is 0 Å². The van der Waals surface area contributed by atoms with Gasteiger partial charge in [-0.15, -0.1) is 0 Å². The zero-order valence-corrected chi connectivity index (χ0v) is 9.78. The second-order valence-electron chi connectivity index (χ2n) is 3.30. The molecule has 2 atom stereocenters. The van der Waals surface area contributed by atoms with Gasteiger partial charge in [0.2, 0.25) is 0 Å². The Morgan fingerprint density at radius 3 is 2.50 bits per heavy atom. The molecule has 0 aromatic rings. The van der Waals surface area contributed by atoms with Gasteiger partial charge in [0.15, 0.2) is 6.61 Å². The van der Waals surface area contributed by atoms with Crippen LogP contribution in [0.4, 0.5) is 18.0 Å². The van der Waals surface area contributed by atoms with E-state index in [1.165, 1.54) is 6.26 Å². The van der Waals surface area contributed by atoms with Crippen molar-refractivity contribution in [1.82, 2.24) is 5.32 Å². The molecule has 0 bridgehead atoms. The minimum absolute atomic E-state index is 0.371. The van der Waals surface area contributed by atoms with Gasteiger partial charge in [0, 0.05) is 28.9 Å². The predicted molar refractivity (Wildman–Crippen MR) is 53.6 cm³/mol. The SMILES string of the molecule is CC(CCS(C)=O)NC(=O)OCC(F)(F)F. The van der Waals surface area contributed by atoms with Crippen LogP contribution in [0.5, 0.6) is 0 Å². The lowest BCUT2D eigenvalue weighted by Crippen LogP contribution is -2.35. The molecule has 0 spiro atoms. The van der Waals surface area contributed by atoms with Crippen LogP contribution in [0.25, 0.3) is 0 Å². The van der Waals surface area contributed by atoms with E-state index in [9.17, 15) is 22.2 Å². The fourth-order valence-electron chi connectivity index (χ4n) is 0.805. The fraction of sp³-hybridized carbons (Fsp3) is 0.875. The number of nitrogens with one attached hydrogen (secondary N) is 1. The Balaban J connectivity index is 3.74. The lowest BCUT2D eigenvalue weighted by molar-refractivity contribution is -0.160. The van der Waals surface area contributed by atoms with Crippen LogP contribution in [-0.2, 0) is 15.5 Å². The molecule has 4 nitrogen and oxygen atoms in total. The molecule has 0 radical (unpaired) electrons. The van der Waals surface area contributed by atoms with Crippen LogP contribution in [0.1, 0.15) is 13.3 Å². The first kappa shape index (κ1) is 15.2. The highest BCUT2D eigenvalue weighted by atomic mass is 32.2. The van der Waals surface area contributed by atoms with Crippen molar-refractivity contribution in [3.63, 3.8) is 0 Å². The van der Waals surface area contributed by atoms with Crippen molar-refractivity contribution in [1.29, 1.82) is 0 Å². The molecule has 0 aliphatic heterocycles. The summed E-state index contributed by atoms with van der Waals surface area (Å²) in [5.41, 5.74) is 0. The maximum Gasteiger partial charge on any atom is 0.422 e. The zero-order chi connectivity index (χ0) is 12.8. The molecule has 2 unspecified atom stereocenters. The maximum absolute atomic E-state index is 11.7. The number of hydrogen-bond acceptors (Lipinski definition) is 3. The monoisotopic (exact) mass is 261 g/mol. The smallest absolute Gasteiger partial charge is 0.422 e. The van der Waals surface area contributed by atoms with Crippen LogP contribution in [-0.4, -0.2) is 41.1 Å². The number of ether oxygens (including phenoxy) is 1. The Morgan fingerprint density at radius 2 is 2.06 bits per heavy atom. The average molecular weight is 261 g/mol. The number of carbonyl (C=O) groups excluding carboxylic acids is 1. The molecule has 0 aliphatic carbocycles. The summed E-state index contributed by atoms with van der Waals surface area (Å²) in [7, 11) is -0.991. The van der Waals surface area contributed by atoms with E-state index in [0.717, 1.165) is 0 Å². The number of hydrogen-bond donors (Lipinski definition) is 1. The number of alkyl carbamates (subject to hydrolysis) is 1. The third kappa shape index (κ3) is 9.75. The third-order valence-electron chi connectivity index (χ3n) is 1.57. The Morgan fingerprint density at radius 1 is 1.50 bits per heavy atom. The number of alkyl halides is 3. The second-order valence-corrected chi connectivity index (χ2v) is 4.86. The van der Waals surface area contributed by atoms with Gasteiger partial charge in [-0.3, -0.25) is 4.21 Å². The van der Waals surface area contributed by atoms with Crippen molar-refractivity contribution in [3.05, 3.63) is 0 Å². The highest BCUT2D eigenvalue weighted by Crippen LogP contribution is 2.14. The van der Waals surface area contributed by atoms with Gasteiger partial charge in [-0.2, -0.15) is 13.2 Å². The van der Waals surface area contributed by atoms with Crippen molar-refractivity contribution < 1.29 is 26.9 Å². The first-order chi connectivity index (χ1) is 7.20. The van der Waals surface area contributed by atoms with Gasteiger partial charge in [-0.25, -0.2) is 4.79 Å². The van der Waals surface area contributed by atoms with Gasteiger partial charge in [-0.05, 0) is 13.3 Å². The average Bonchev–Trinajstić information content (AvgIpc) is 2.10. The molecular formula is C8H14F3NO3S. The van der Waals surface area contributed by atoms with E-state index in [0.29, 0.717) is 12.2 Å². The summed E-state index contributed by atoms with van der Waals surface area (Å²) >= 11 is 0. The lowest BCUT2D eigenvalue weighted by atomic mass is 10.3. The molecule has 0 aromatic carbocycles. The van der Waals surface area contributed by atoms with E-state index in [1.54, 1.807) is 6.92 Å². The first-order valence-electron chi connectivity index (χ1n) is 4.51. The number of halogens is 3. The van der Waals surface area contributed by atoms with Gasteiger partial charge < -0.3 is 10.1 Å². The van der Waals surface area contributed by atoms with E-state index in [2.05, 4.69) is 10.1 Å². The van der Waals surface area contributed by atoms with Crippen LogP contribution in [0.2, 0.25) is 0 Å². The van der Waals surface area contributed by atoms with E-state index in [1.807, 2.05) is 0 Å². The van der Waals surface area contributed by atoms with Crippen LogP contribution >= 0.6 is 0 Å². The molecular weight excluding hydrogens is 247 g/mol. The molecule has 0 rings (SSSR count). The summed E-state index contributed by atoms with van der Waals surface area (Å²) in [5, 5.41) is 2.21. The highest BCUT2D eigenvalue weighted by molar-refractivity contribution is 7.84. The van der Waals surface area contributed by atoms with Crippen LogP contribution in [0.3, 0.4) is 0 Å². The summed E-state index contributed by atoms with van der Waals surface area (Å²) in [5.74, 6) is 0.376. The quantitative estimate of drug-likeness (QED) is 0.814. The Bertz CT molecular complexity index is 257. The molecule has 8 heteroatoms. The fourth-order valence-corrected chi connectivity index (χ4v) is 1.49. The minimum Gasteiger partial charge on any atom is -0.440 e. The summed E-state index contributed by atoms with van der Waals surface area (Å²) in [4.78, 5) is 10.8. The largest absolute Gasteiger partial charge is 0.440 e. The van der Waals surface area contributed by atoms with E-state index in [4.69, 9.17) is 0 Å². The molecule has 0 aromatic heterocycles. The first-order valence-corrected chi connectivity index (χ1v) is 6.23. The Hall–Kier alpha value is -0.790. The van der Waals surface area contributed by atoms with Gasteiger partial charge in [0.1, 0.15) is 0 Å². The molecule has 1 N–H and O–H groups in total. The topological polar surface area (TPSA) is 55.4 Å². The van der Waals surface area contributed by atoms with Crippen molar-refractivity contribution in [2.75, 3.05) is 18.6 Å². The zero-order valence-electron chi connectivity index (χ0n) is 8.97. The molecule has 0 fully saturated rings. The van der Waals surface area contributed by atoms with Gasteiger partial charge in [0.05, 0.1) is 0 Å². The Kier molecular flexibility index (Phi) is 6.39.